The normalized spacial score (nSPS) is 11.8. The highest BCUT2D eigenvalue weighted by Gasteiger charge is 2.34. The van der Waals surface area contributed by atoms with Crippen molar-refractivity contribution in [1.29, 1.82) is 0 Å². The Morgan fingerprint density at radius 2 is 1.57 bits per heavy atom. The van der Waals surface area contributed by atoms with E-state index in [0.717, 1.165) is 4.31 Å². The molecular formula is C30H36FN3O7S. The Bertz CT molecular complexity index is 1470. The van der Waals surface area contributed by atoms with E-state index in [1.54, 1.807) is 19.1 Å². The van der Waals surface area contributed by atoms with Crippen molar-refractivity contribution >= 4 is 27.5 Å². The number of benzene rings is 3. The zero-order valence-corrected chi connectivity index (χ0v) is 25.1. The lowest BCUT2D eigenvalue weighted by molar-refractivity contribution is -0.140. The number of anilines is 1. The number of sulfonamides is 1. The number of likely N-dealkylation sites (N-methyl/N-ethyl adjacent to an activating group) is 1. The van der Waals surface area contributed by atoms with E-state index in [9.17, 15) is 22.4 Å². The van der Waals surface area contributed by atoms with Gasteiger partial charge in [-0.05, 0) is 67.4 Å². The minimum atomic E-state index is -4.34. The van der Waals surface area contributed by atoms with Crippen molar-refractivity contribution in [3.05, 3.63) is 78.1 Å². The SMILES string of the molecule is CCOc1ccc(N(CC(=O)N(Cc2ccc(F)cc2)[C@@H](CC)C(=O)NC)S(=O)(=O)c2ccc(OC)c(OC)c2)cc1. The first-order chi connectivity index (χ1) is 20.1. The fourth-order valence-electron chi connectivity index (χ4n) is 4.38. The Kier molecular flexibility index (Phi) is 11.1. The number of carbonyl (C=O) groups is 2. The maximum Gasteiger partial charge on any atom is 0.264 e. The molecule has 1 N–H and O–H groups in total. The van der Waals surface area contributed by atoms with Crippen LogP contribution in [0, 0.1) is 5.82 Å². The Hall–Kier alpha value is -4.32. The molecule has 42 heavy (non-hydrogen) atoms. The van der Waals surface area contributed by atoms with Gasteiger partial charge in [0.1, 0.15) is 24.2 Å². The van der Waals surface area contributed by atoms with Gasteiger partial charge in [-0.15, -0.1) is 0 Å². The molecule has 0 bridgehead atoms. The van der Waals surface area contributed by atoms with Gasteiger partial charge in [0.15, 0.2) is 11.5 Å². The van der Waals surface area contributed by atoms with E-state index in [2.05, 4.69) is 5.32 Å². The molecule has 0 radical (unpaired) electrons. The average molecular weight is 602 g/mol. The quantitative estimate of drug-likeness (QED) is 0.297. The summed E-state index contributed by atoms with van der Waals surface area (Å²) in [5.41, 5.74) is 0.777. The number of hydrogen-bond acceptors (Lipinski definition) is 7. The highest BCUT2D eigenvalue weighted by molar-refractivity contribution is 7.92. The van der Waals surface area contributed by atoms with Crippen LogP contribution in [0.5, 0.6) is 17.2 Å². The summed E-state index contributed by atoms with van der Waals surface area (Å²) in [7, 11) is -0.0635. The van der Waals surface area contributed by atoms with Gasteiger partial charge in [-0.1, -0.05) is 19.1 Å². The third kappa shape index (κ3) is 7.49. The predicted molar refractivity (Wildman–Crippen MR) is 157 cm³/mol. The number of carbonyl (C=O) groups excluding carboxylic acids is 2. The number of ether oxygens (including phenoxy) is 3. The van der Waals surface area contributed by atoms with Crippen molar-refractivity contribution in [2.45, 2.75) is 37.8 Å². The van der Waals surface area contributed by atoms with Gasteiger partial charge >= 0.3 is 0 Å². The summed E-state index contributed by atoms with van der Waals surface area (Å²) in [6, 6.07) is 15.1. The van der Waals surface area contributed by atoms with Crippen molar-refractivity contribution in [3.63, 3.8) is 0 Å². The monoisotopic (exact) mass is 601 g/mol. The average Bonchev–Trinajstić information content (AvgIpc) is 3.00. The van der Waals surface area contributed by atoms with Gasteiger partial charge < -0.3 is 24.4 Å². The molecule has 0 fully saturated rings. The zero-order valence-electron chi connectivity index (χ0n) is 24.3. The zero-order chi connectivity index (χ0) is 30.9. The summed E-state index contributed by atoms with van der Waals surface area (Å²) in [6.45, 7) is 3.32. The van der Waals surface area contributed by atoms with Gasteiger partial charge in [-0.25, -0.2) is 12.8 Å². The topological polar surface area (TPSA) is 114 Å². The molecule has 0 saturated carbocycles. The van der Waals surface area contributed by atoms with Crippen molar-refractivity contribution in [3.8, 4) is 17.2 Å². The van der Waals surface area contributed by atoms with Crippen LogP contribution < -0.4 is 23.8 Å². The summed E-state index contributed by atoms with van der Waals surface area (Å²) in [6.07, 6.45) is 0.262. The van der Waals surface area contributed by atoms with Crippen LogP contribution in [0.3, 0.4) is 0 Å². The predicted octanol–water partition coefficient (Wildman–Crippen LogP) is 3.99. The fourth-order valence-corrected chi connectivity index (χ4v) is 5.81. The van der Waals surface area contributed by atoms with Gasteiger partial charge in [-0.2, -0.15) is 0 Å². The second-order valence-corrected chi connectivity index (χ2v) is 11.0. The molecule has 10 nitrogen and oxygen atoms in total. The molecule has 2 amide bonds. The first-order valence-electron chi connectivity index (χ1n) is 13.3. The second-order valence-electron chi connectivity index (χ2n) is 9.14. The van der Waals surface area contributed by atoms with Gasteiger partial charge in [0.25, 0.3) is 10.0 Å². The molecule has 0 aliphatic rings. The highest BCUT2D eigenvalue weighted by Crippen LogP contribution is 2.33. The summed E-state index contributed by atoms with van der Waals surface area (Å²) in [4.78, 5) is 28.0. The van der Waals surface area contributed by atoms with Crippen molar-refractivity contribution in [2.75, 3.05) is 38.7 Å². The second kappa shape index (κ2) is 14.5. The van der Waals surface area contributed by atoms with E-state index in [1.807, 2.05) is 6.92 Å². The molecule has 0 saturated heterocycles. The first kappa shape index (κ1) is 32.2. The summed E-state index contributed by atoms with van der Waals surface area (Å²) in [5, 5.41) is 2.56. The molecule has 1 atom stereocenters. The van der Waals surface area contributed by atoms with E-state index in [0.29, 0.717) is 23.7 Å². The maximum atomic E-state index is 14.1. The number of methoxy groups -OCH3 is 2. The Morgan fingerprint density at radius 3 is 2.12 bits per heavy atom. The van der Waals surface area contributed by atoms with E-state index in [1.165, 1.54) is 80.8 Å². The number of nitrogens with one attached hydrogen (secondary N) is 1. The van der Waals surface area contributed by atoms with Crippen LogP contribution in [-0.2, 0) is 26.2 Å². The van der Waals surface area contributed by atoms with Crippen LogP contribution in [0.15, 0.2) is 71.6 Å². The number of halogens is 1. The number of hydrogen-bond donors (Lipinski definition) is 1. The van der Waals surface area contributed by atoms with Gasteiger partial charge in [-0.3, -0.25) is 13.9 Å². The van der Waals surface area contributed by atoms with Crippen LogP contribution >= 0.6 is 0 Å². The molecule has 3 aromatic carbocycles. The largest absolute Gasteiger partial charge is 0.494 e. The van der Waals surface area contributed by atoms with Gasteiger partial charge in [0.05, 0.1) is 31.4 Å². The highest BCUT2D eigenvalue weighted by atomic mass is 32.2. The smallest absolute Gasteiger partial charge is 0.264 e. The maximum absolute atomic E-state index is 14.1. The van der Waals surface area contributed by atoms with Crippen LogP contribution in [-0.4, -0.2) is 65.6 Å². The minimum Gasteiger partial charge on any atom is -0.494 e. The summed E-state index contributed by atoms with van der Waals surface area (Å²) in [5.74, 6) is -0.435. The molecule has 12 heteroatoms. The molecule has 0 aliphatic carbocycles. The van der Waals surface area contributed by atoms with E-state index in [4.69, 9.17) is 14.2 Å². The molecular weight excluding hydrogens is 565 g/mol. The molecule has 0 unspecified atom stereocenters. The van der Waals surface area contributed by atoms with Crippen molar-refractivity contribution in [2.24, 2.45) is 0 Å². The lowest BCUT2D eigenvalue weighted by Crippen LogP contribution is -2.51. The number of nitrogens with zero attached hydrogens (tertiary/aromatic N) is 2. The number of amides is 2. The Labute approximate surface area is 246 Å². The summed E-state index contributed by atoms with van der Waals surface area (Å²) >= 11 is 0. The molecule has 226 valence electrons. The third-order valence-corrected chi connectivity index (χ3v) is 8.33. The van der Waals surface area contributed by atoms with Crippen molar-refractivity contribution in [1.82, 2.24) is 10.2 Å². The third-order valence-electron chi connectivity index (χ3n) is 6.56. The molecule has 0 aliphatic heterocycles. The molecule has 0 heterocycles. The van der Waals surface area contributed by atoms with Crippen LogP contribution in [0.2, 0.25) is 0 Å². The van der Waals surface area contributed by atoms with Crippen LogP contribution in [0.4, 0.5) is 10.1 Å². The molecule has 0 aromatic heterocycles. The standard InChI is InChI=1S/C30H36FN3O7S/c1-6-26(30(36)32-3)33(19-21-8-10-22(31)11-9-21)29(35)20-34(23-12-14-24(15-13-23)41-7-2)42(37,38)25-16-17-27(39-4)28(18-25)40-5/h8-18,26H,6-7,19-20H2,1-5H3,(H,32,36)/t26-/m0/s1. The molecule has 0 spiro atoms. The fraction of sp³-hybridized carbons (Fsp3) is 0.333. The first-order valence-corrected chi connectivity index (χ1v) is 14.8. The van der Waals surface area contributed by atoms with Crippen LogP contribution in [0.1, 0.15) is 25.8 Å². The number of rotatable bonds is 14. The Balaban J connectivity index is 2.10. The summed E-state index contributed by atoms with van der Waals surface area (Å²) < 4.78 is 58.8. The van der Waals surface area contributed by atoms with Crippen molar-refractivity contribution < 1.29 is 36.6 Å². The molecule has 3 rings (SSSR count). The van der Waals surface area contributed by atoms with Gasteiger partial charge in [0.2, 0.25) is 11.8 Å². The van der Waals surface area contributed by atoms with E-state index >= 15 is 0 Å². The minimum absolute atomic E-state index is 0.0431. The van der Waals surface area contributed by atoms with Gasteiger partial charge in [0, 0.05) is 19.7 Å². The van der Waals surface area contributed by atoms with E-state index < -0.39 is 40.2 Å². The van der Waals surface area contributed by atoms with E-state index in [-0.39, 0.29) is 29.3 Å². The Morgan fingerprint density at radius 1 is 0.929 bits per heavy atom. The molecule has 3 aromatic rings. The van der Waals surface area contributed by atoms with Crippen LogP contribution in [0.25, 0.3) is 0 Å². The lowest BCUT2D eigenvalue weighted by Gasteiger charge is -2.33. The lowest BCUT2D eigenvalue weighted by atomic mass is 10.1.